The Morgan fingerprint density at radius 2 is 2.00 bits per heavy atom. The smallest absolute Gasteiger partial charge is 0.178 e. The summed E-state index contributed by atoms with van der Waals surface area (Å²) in [5.41, 5.74) is 11.4. The summed E-state index contributed by atoms with van der Waals surface area (Å²) in [5.74, 6) is 0.338. The third-order valence-corrected chi connectivity index (χ3v) is 4.29. The molecule has 2 atom stereocenters. The highest BCUT2D eigenvalue weighted by Gasteiger charge is 2.39. The van der Waals surface area contributed by atoms with Crippen molar-refractivity contribution in [3.05, 3.63) is 22.8 Å². The quantitative estimate of drug-likeness (QED) is 0.752. The summed E-state index contributed by atoms with van der Waals surface area (Å²) in [6.07, 6.45) is 4.20. The highest BCUT2D eigenvalue weighted by atomic mass is 32.2. The van der Waals surface area contributed by atoms with Gasteiger partial charge in [0.1, 0.15) is 10.7 Å². The molecule has 4 N–H and O–H groups in total. The van der Waals surface area contributed by atoms with Gasteiger partial charge in [-0.2, -0.15) is 0 Å². The minimum absolute atomic E-state index is 0.0695. The Morgan fingerprint density at radius 3 is 2.35 bits per heavy atom. The molecule has 1 rings (SSSR count). The normalized spacial score (nSPS) is 29.9. The van der Waals surface area contributed by atoms with Crippen LogP contribution in [-0.4, -0.2) is 33.4 Å². The minimum Gasteiger partial charge on any atom is -0.496 e. The molecule has 1 aliphatic carbocycles. The van der Waals surface area contributed by atoms with E-state index in [1.54, 1.807) is 6.08 Å². The maximum Gasteiger partial charge on any atom is 0.178 e. The monoisotopic (exact) mass is 260 g/mol. The van der Waals surface area contributed by atoms with Crippen molar-refractivity contribution in [1.82, 2.24) is 0 Å². The average Bonchev–Trinajstić information content (AvgIpc) is 2.19. The summed E-state index contributed by atoms with van der Waals surface area (Å²) in [4.78, 5) is 0.106. The lowest BCUT2D eigenvalue weighted by atomic mass is 9.78. The van der Waals surface area contributed by atoms with Crippen LogP contribution in [0.1, 0.15) is 13.8 Å². The lowest BCUT2D eigenvalue weighted by molar-refractivity contribution is 0.274. The van der Waals surface area contributed by atoms with Crippen molar-refractivity contribution >= 4 is 9.84 Å². The van der Waals surface area contributed by atoms with E-state index in [0.717, 1.165) is 6.26 Å². The van der Waals surface area contributed by atoms with Gasteiger partial charge in [-0.05, 0) is 18.1 Å². The van der Waals surface area contributed by atoms with Crippen LogP contribution < -0.4 is 11.5 Å². The van der Waals surface area contributed by atoms with Crippen LogP contribution in [-0.2, 0) is 14.6 Å². The Balaban J connectivity index is 3.33. The molecule has 0 fully saturated rings. The fourth-order valence-electron chi connectivity index (χ4n) is 1.80. The van der Waals surface area contributed by atoms with Gasteiger partial charge >= 0.3 is 0 Å². The van der Waals surface area contributed by atoms with Crippen molar-refractivity contribution in [2.75, 3.05) is 13.4 Å². The van der Waals surface area contributed by atoms with Gasteiger partial charge in [-0.15, -0.1) is 0 Å². The van der Waals surface area contributed by atoms with Gasteiger partial charge in [0.25, 0.3) is 0 Å². The molecule has 0 radical (unpaired) electrons. The molecule has 98 valence electrons. The molecule has 0 spiro atoms. The second-order valence-corrected chi connectivity index (χ2v) is 6.68. The molecule has 0 saturated heterocycles. The van der Waals surface area contributed by atoms with Gasteiger partial charge in [0, 0.05) is 12.3 Å². The Morgan fingerprint density at radius 1 is 1.47 bits per heavy atom. The van der Waals surface area contributed by atoms with Gasteiger partial charge in [0.15, 0.2) is 9.84 Å². The molecule has 0 heterocycles. The predicted molar refractivity (Wildman–Crippen MR) is 67.8 cm³/mol. The Bertz CT molecular complexity index is 465. The first-order valence-electron chi connectivity index (χ1n) is 5.36. The lowest BCUT2D eigenvalue weighted by Crippen LogP contribution is -2.58. The van der Waals surface area contributed by atoms with E-state index < -0.39 is 21.4 Å². The van der Waals surface area contributed by atoms with E-state index >= 15 is 0 Å². The molecule has 0 aliphatic heterocycles. The summed E-state index contributed by atoms with van der Waals surface area (Å²) in [5, 5.41) is 0. The number of rotatable bonds is 3. The summed E-state index contributed by atoms with van der Waals surface area (Å²) in [6, 6.07) is -0.550. The summed E-state index contributed by atoms with van der Waals surface area (Å²) >= 11 is 0. The lowest BCUT2D eigenvalue weighted by Gasteiger charge is -2.38. The predicted octanol–water partition coefficient (Wildman–Crippen LogP) is 0.140. The molecule has 17 heavy (non-hydrogen) atoms. The van der Waals surface area contributed by atoms with Gasteiger partial charge in [-0.3, -0.25) is 0 Å². The summed E-state index contributed by atoms with van der Waals surface area (Å²) in [7, 11) is -1.94. The molecule has 2 unspecified atom stereocenters. The molecule has 0 amide bonds. The van der Waals surface area contributed by atoms with E-state index in [9.17, 15) is 8.42 Å². The zero-order valence-corrected chi connectivity index (χ0v) is 11.4. The fraction of sp³-hybridized carbons (Fsp3) is 0.636. The van der Waals surface area contributed by atoms with E-state index in [2.05, 4.69) is 0 Å². The van der Waals surface area contributed by atoms with Crippen LogP contribution in [0, 0.1) is 5.92 Å². The van der Waals surface area contributed by atoms with Crippen molar-refractivity contribution in [2.24, 2.45) is 17.4 Å². The van der Waals surface area contributed by atoms with Gasteiger partial charge in [0.05, 0.1) is 12.6 Å². The first-order valence-corrected chi connectivity index (χ1v) is 7.25. The third-order valence-electron chi connectivity index (χ3n) is 3.15. The first-order chi connectivity index (χ1) is 7.63. The van der Waals surface area contributed by atoms with E-state index in [1.807, 2.05) is 13.8 Å². The van der Waals surface area contributed by atoms with Crippen LogP contribution in [0.5, 0.6) is 0 Å². The number of ether oxygens (including phenoxy) is 1. The van der Waals surface area contributed by atoms with Crippen LogP contribution in [0.4, 0.5) is 0 Å². The average molecular weight is 260 g/mol. The highest BCUT2D eigenvalue weighted by molar-refractivity contribution is 7.94. The zero-order valence-electron chi connectivity index (χ0n) is 10.6. The van der Waals surface area contributed by atoms with Crippen molar-refractivity contribution in [3.63, 3.8) is 0 Å². The Kier molecular flexibility index (Phi) is 3.71. The fourth-order valence-corrected chi connectivity index (χ4v) is 2.70. The van der Waals surface area contributed by atoms with Crippen LogP contribution in [0.15, 0.2) is 22.8 Å². The van der Waals surface area contributed by atoms with Crippen molar-refractivity contribution in [3.8, 4) is 0 Å². The Labute approximate surface area is 102 Å². The molecule has 0 saturated carbocycles. The minimum atomic E-state index is -3.36. The SMILES string of the molecule is COC1=CC(N)(C(C)C)C(N)C=C1S(C)(=O)=O. The maximum atomic E-state index is 11.6. The standard InChI is InChI=1S/C11H20N2O3S/c1-7(2)11(13)6-8(16-3)9(5-10(11)12)17(4,14)15/h5-7,10H,12-13H2,1-4H3. The van der Waals surface area contributed by atoms with Crippen LogP contribution in [0.25, 0.3) is 0 Å². The van der Waals surface area contributed by atoms with Gasteiger partial charge in [-0.1, -0.05) is 13.8 Å². The van der Waals surface area contributed by atoms with Crippen molar-refractivity contribution in [2.45, 2.75) is 25.4 Å². The molecule has 1 aliphatic rings. The molecule has 0 bridgehead atoms. The zero-order chi connectivity index (χ0) is 13.4. The van der Waals surface area contributed by atoms with E-state index in [0.29, 0.717) is 0 Å². The van der Waals surface area contributed by atoms with Gasteiger partial charge in [-0.25, -0.2) is 8.42 Å². The van der Waals surface area contributed by atoms with E-state index in [1.165, 1.54) is 13.2 Å². The van der Waals surface area contributed by atoms with Crippen LogP contribution in [0.2, 0.25) is 0 Å². The number of hydrogen-bond donors (Lipinski definition) is 2. The second-order valence-electron chi connectivity index (χ2n) is 4.70. The number of nitrogens with two attached hydrogens (primary N) is 2. The van der Waals surface area contributed by atoms with Crippen LogP contribution in [0.3, 0.4) is 0 Å². The number of methoxy groups -OCH3 is 1. The first kappa shape index (κ1) is 14.2. The van der Waals surface area contributed by atoms with Gasteiger partial charge < -0.3 is 16.2 Å². The van der Waals surface area contributed by atoms with E-state index in [-0.39, 0.29) is 16.6 Å². The molecule has 0 aromatic carbocycles. The molecule has 5 nitrogen and oxygen atoms in total. The second kappa shape index (κ2) is 4.44. The summed E-state index contributed by atoms with van der Waals surface area (Å²) < 4.78 is 28.3. The molecular weight excluding hydrogens is 240 g/mol. The number of hydrogen-bond acceptors (Lipinski definition) is 5. The highest BCUT2D eigenvalue weighted by Crippen LogP contribution is 2.31. The van der Waals surface area contributed by atoms with E-state index in [4.69, 9.17) is 16.2 Å². The summed E-state index contributed by atoms with van der Waals surface area (Å²) in [6.45, 7) is 3.87. The molecule has 6 heteroatoms. The molecule has 0 aromatic heterocycles. The Hall–Kier alpha value is -0.850. The van der Waals surface area contributed by atoms with Crippen molar-refractivity contribution < 1.29 is 13.2 Å². The maximum absolute atomic E-state index is 11.6. The largest absolute Gasteiger partial charge is 0.496 e. The number of sulfone groups is 1. The van der Waals surface area contributed by atoms with Gasteiger partial charge in [0.2, 0.25) is 0 Å². The van der Waals surface area contributed by atoms with Crippen LogP contribution >= 0.6 is 0 Å². The molecule has 0 aromatic rings. The van der Waals surface area contributed by atoms with Crippen molar-refractivity contribution in [1.29, 1.82) is 0 Å². The third kappa shape index (κ3) is 2.53. The topological polar surface area (TPSA) is 95.4 Å². The molecular formula is C11H20N2O3S.